The van der Waals surface area contributed by atoms with Crippen LogP contribution in [0.4, 0.5) is 19.0 Å². The van der Waals surface area contributed by atoms with Crippen molar-refractivity contribution in [1.82, 2.24) is 15.1 Å². The van der Waals surface area contributed by atoms with E-state index in [-0.39, 0.29) is 34.9 Å². The van der Waals surface area contributed by atoms with Crippen molar-refractivity contribution < 1.29 is 27.8 Å². The average Bonchev–Trinajstić information content (AvgIpc) is 3.12. The molecule has 1 aromatic heterocycles. The van der Waals surface area contributed by atoms with Crippen LogP contribution >= 0.6 is 0 Å². The monoisotopic (exact) mass is 422 g/mol. The molecule has 1 amide bonds. The van der Waals surface area contributed by atoms with Crippen molar-refractivity contribution >= 4 is 11.7 Å². The van der Waals surface area contributed by atoms with Gasteiger partial charge in [0.05, 0.1) is 30.0 Å². The summed E-state index contributed by atoms with van der Waals surface area (Å²) in [6.07, 6.45) is -4.65. The van der Waals surface area contributed by atoms with E-state index in [1.54, 1.807) is 17.0 Å². The maximum atomic E-state index is 12.9. The molecule has 1 aromatic carbocycles. The van der Waals surface area contributed by atoms with Gasteiger partial charge in [0.25, 0.3) is 0 Å². The van der Waals surface area contributed by atoms with Gasteiger partial charge in [-0.3, -0.25) is 4.79 Å². The molecule has 0 spiro atoms. The summed E-state index contributed by atoms with van der Waals surface area (Å²) in [5.74, 6) is 0.0813. The number of amides is 1. The zero-order valence-corrected chi connectivity index (χ0v) is 16.5. The van der Waals surface area contributed by atoms with Crippen molar-refractivity contribution in [3.63, 3.8) is 0 Å². The summed E-state index contributed by atoms with van der Waals surface area (Å²) in [6, 6.07) is 4.98. The van der Waals surface area contributed by atoms with Gasteiger partial charge >= 0.3 is 6.18 Å². The second-order valence-electron chi connectivity index (χ2n) is 7.56. The first-order valence-corrected chi connectivity index (χ1v) is 9.54. The maximum Gasteiger partial charge on any atom is 0.416 e. The van der Waals surface area contributed by atoms with Crippen LogP contribution < -0.4 is 4.90 Å². The number of nitrogens with zero attached hydrogens (tertiary/aromatic N) is 4. The molecule has 2 atom stereocenters. The summed E-state index contributed by atoms with van der Waals surface area (Å²) in [4.78, 5) is 15.5. The van der Waals surface area contributed by atoms with Crippen LogP contribution in [0.2, 0.25) is 0 Å². The number of morpholine rings is 1. The van der Waals surface area contributed by atoms with E-state index in [2.05, 4.69) is 10.2 Å². The van der Waals surface area contributed by atoms with Crippen LogP contribution in [-0.2, 0) is 15.7 Å². The molecule has 2 saturated heterocycles. The number of alkyl halides is 3. The minimum Gasteiger partial charge on any atom is -0.507 e. The Morgan fingerprint density at radius 3 is 2.60 bits per heavy atom. The van der Waals surface area contributed by atoms with E-state index < -0.39 is 17.5 Å². The molecule has 30 heavy (non-hydrogen) atoms. The lowest BCUT2D eigenvalue weighted by atomic mass is 10.0. The van der Waals surface area contributed by atoms with Gasteiger partial charge in [-0.2, -0.15) is 13.2 Å². The molecule has 2 aliphatic heterocycles. The number of benzene rings is 1. The largest absolute Gasteiger partial charge is 0.507 e. The van der Waals surface area contributed by atoms with Gasteiger partial charge in [-0.25, -0.2) is 0 Å². The minimum atomic E-state index is -4.54. The Morgan fingerprint density at radius 2 is 2.00 bits per heavy atom. The number of ether oxygens (including phenoxy) is 1. The van der Waals surface area contributed by atoms with Crippen molar-refractivity contribution in [2.75, 3.05) is 31.1 Å². The number of phenols is 1. The van der Waals surface area contributed by atoms with Crippen molar-refractivity contribution in [3.8, 4) is 17.0 Å². The molecular formula is C20H21F3N4O3. The zero-order valence-electron chi connectivity index (χ0n) is 16.5. The van der Waals surface area contributed by atoms with Gasteiger partial charge in [0.2, 0.25) is 5.91 Å². The fourth-order valence-corrected chi connectivity index (χ4v) is 4.11. The van der Waals surface area contributed by atoms with Crippen molar-refractivity contribution in [1.29, 1.82) is 0 Å². The number of likely N-dealkylation sites (tertiary alicyclic amines) is 1. The third kappa shape index (κ3) is 3.67. The van der Waals surface area contributed by atoms with E-state index in [0.29, 0.717) is 38.1 Å². The van der Waals surface area contributed by atoms with Gasteiger partial charge in [0, 0.05) is 32.1 Å². The number of phenolic OH excluding ortho intramolecular Hbond substituents is 1. The highest BCUT2D eigenvalue weighted by molar-refractivity contribution is 5.74. The summed E-state index contributed by atoms with van der Waals surface area (Å²) >= 11 is 0. The summed E-state index contributed by atoms with van der Waals surface area (Å²) in [7, 11) is 0. The number of hydrogen-bond donors (Lipinski definition) is 1. The molecule has 0 saturated carbocycles. The number of carbonyl (C=O) groups is 1. The SMILES string of the molecule is CC(=O)N1C[C@@H]2OCCN(c3ccc(-c4c(C)cc(C(F)(F)F)cc4O)nn3)[C@@H]2C1. The summed E-state index contributed by atoms with van der Waals surface area (Å²) in [5.41, 5.74) is -0.167. The van der Waals surface area contributed by atoms with Gasteiger partial charge in [-0.1, -0.05) is 0 Å². The standard InChI is InChI=1S/C20H21F3N4O3/c1-11-7-13(20(21,22)23)8-16(29)19(11)14-3-4-18(25-24-14)27-5-6-30-17-10-26(12(2)28)9-15(17)27/h3-4,7-8,15,17,29H,5-6,9-10H2,1-2H3/t15-,17+/m1/s1. The van der Waals surface area contributed by atoms with E-state index in [9.17, 15) is 23.1 Å². The number of anilines is 1. The smallest absolute Gasteiger partial charge is 0.416 e. The number of halogens is 3. The van der Waals surface area contributed by atoms with Gasteiger partial charge in [-0.05, 0) is 36.8 Å². The fraction of sp³-hybridized carbons (Fsp3) is 0.450. The predicted molar refractivity (Wildman–Crippen MR) is 102 cm³/mol. The quantitative estimate of drug-likeness (QED) is 0.802. The first kappa shape index (κ1) is 20.4. The van der Waals surface area contributed by atoms with Crippen LogP contribution in [0.3, 0.4) is 0 Å². The normalized spacial score (nSPS) is 21.6. The van der Waals surface area contributed by atoms with Gasteiger partial charge in [0.15, 0.2) is 5.82 Å². The molecule has 0 unspecified atom stereocenters. The lowest BCUT2D eigenvalue weighted by Crippen LogP contribution is -2.51. The molecule has 4 rings (SSSR count). The maximum absolute atomic E-state index is 12.9. The van der Waals surface area contributed by atoms with Crippen LogP contribution in [0.5, 0.6) is 5.75 Å². The van der Waals surface area contributed by atoms with Gasteiger partial charge in [-0.15, -0.1) is 10.2 Å². The highest BCUT2D eigenvalue weighted by atomic mass is 19.4. The van der Waals surface area contributed by atoms with Gasteiger partial charge in [0.1, 0.15) is 5.75 Å². The highest BCUT2D eigenvalue weighted by Gasteiger charge is 2.41. The van der Waals surface area contributed by atoms with E-state index in [1.165, 1.54) is 13.8 Å². The predicted octanol–water partition coefficient (Wildman–Crippen LogP) is 2.61. The van der Waals surface area contributed by atoms with E-state index >= 15 is 0 Å². The number of aryl methyl sites for hydroxylation is 1. The Bertz CT molecular complexity index is 942. The summed E-state index contributed by atoms with van der Waals surface area (Å²) < 4.78 is 44.6. The number of aromatic hydroxyl groups is 1. The van der Waals surface area contributed by atoms with Crippen molar-refractivity contribution in [3.05, 3.63) is 35.4 Å². The lowest BCUT2D eigenvalue weighted by molar-refractivity contribution is -0.137. The molecule has 2 fully saturated rings. The van der Waals surface area contributed by atoms with Crippen molar-refractivity contribution in [2.24, 2.45) is 0 Å². The Morgan fingerprint density at radius 1 is 1.23 bits per heavy atom. The van der Waals surface area contributed by atoms with Gasteiger partial charge < -0.3 is 19.6 Å². The molecule has 3 heterocycles. The Labute approximate surface area is 171 Å². The topological polar surface area (TPSA) is 78.8 Å². The number of carbonyl (C=O) groups excluding carboxylic acids is 1. The third-order valence-electron chi connectivity index (χ3n) is 5.59. The van der Waals surface area contributed by atoms with Crippen LogP contribution in [0.1, 0.15) is 18.1 Å². The molecule has 0 aliphatic carbocycles. The average molecular weight is 422 g/mol. The molecular weight excluding hydrogens is 401 g/mol. The highest BCUT2D eigenvalue weighted by Crippen LogP contribution is 2.38. The summed E-state index contributed by atoms with van der Waals surface area (Å²) in [6.45, 7) is 5.15. The van der Waals surface area contributed by atoms with Crippen LogP contribution in [0.25, 0.3) is 11.3 Å². The zero-order chi connectivity index (χ0) is 21.6. The Hall–Kier alpha value is -2.88. The number of aromatic nitrogens is 2. The Balaban J connectivity index is 1.60. The van der Waals surface area contributed by atoms with E-state index in [4.69, 9.17) is 4.74 Å². The number of fused-ring (bicyclic) bond motifs is 1. The van der Waals surface area contributed by atoms with Crippen LogP contribution in [-0.4, -0.2) is 64.5 Å². The molecule has 10 heteroatoms. The Kier molecular flexibility index (Phi) is 5.05. The summed E-state index contributed by atoms with van der Waals surface area (Å²) in [5, 5.41) is 18.6. The lowest BCUT2D eigenvalue weighted by Gasteiger charge is -2.37. The van der Waals surface area contributed by atoms with Crippen LogP contribution in [0, 0.1) is 6.92 Å². The first-order valence-electron chi connectivity index (χ1n) is 9.54. The van der Waals surface area contributed by atoms with Crippen molar-refractivity contribution in [2.45, 2.75) is 32.2 Å². The molecule has 1 N–H and O–H groups in total. The van der Waals surface area contributed by atoms with E-state index in [1.807, 2.05) is 4.90 Å². The molecule has 0 bridgehead atoms. The van der Waals surface area contributed by atoms with E-state index in [0.717, 1.165) is 6.07 Å². The molecule has 160 valence electrons. The second kappa shape index (κ2) is 7.42. The third-order valence-corrected chi connectivity index (χ3v) is 5.59. The second-order valence-corrected chi connectivity index (χ2v) is 7.56. The number of hydrogen-bond acceptors (Lipinski definition) is 6. The molecule has 2 aromatic rings. The van der Waals surface area contributed by atoms with Crippen LogP contribution in [0.15, 0.2) is 24.3 Å². The number of rotatable bonds is 2. The molecule has 2 aliphatic rings. The molecule has 7 nitrogen and oxygen atoms in total. The fourth-order valence-electron chi connectivity index (χ4n) is 4.11. The molecule has 0 radical (unpaired) electrons. The minimum absolute atomic E-state index is 0.0114. The first-order chi connectivity index (χ1) is 14.1.